The number of halogens is 2. The van der Waals surface area contributed by atoms with Crippen LogP contribution in [0.5, 0.6) is 0 Å². The van der Waals surface area contributed by atoms with Crippen LogP contribution in [-0.2, 0) is 6.42 Å². The molecule has 1 aromatic carbocycles. The van der Waals surface area contributed by atoms with E-state index < -0.39 is 11.4 Å². The molecule has 2 aliphatic heterocycles. The van der Waals surface area contributed by atoms with Gasteiger partial charge in [-0.25, -0.2) is 9.37 Å². The molecule has 9 heteroatoms. The number of aromatic nitrogens is 2. The summed E-state index contributed by atoms with van der Waals surface area (Å²) in [4.78, 5) is 19.3. The van der Waals surface area contributed by atoms with Crippen molar-refractivity contribution in [2.75, 3.05) is 25.0 Å². The lowest BCUT2D eigenvalue weighted by molar-refractivity contribution is -0.108. The van der Waals surface area contributed by atoms with Crippen LogP contribution in [0, 0.1) is 5.82 Å². The lowest BCUT2D eigenvalue weighted by atomic mass is 9.81. The van der Waals surface area contributed by atoms with E-state index in [9.17, 15) is 14.3 Å². The Labute approximate surface area is 196 Å². The fourth-order valence-electron chi connectivity index (χ4n) is 4.78. The van der Waals surface area contributed by atoms with E-state index in [0.29, 0.717) is 16.9 Å². The first-order chi connectivity index (χ1) is 15.9. The Balaban J connectivity index is 1.46. The Morgan fingerprint density at radius 2 is 2.21 bits per heavy atom. The second kappa shape index (κ2) is 8.59. The minimum Gasteiger partial charge on any atom is -0.385 e. The normalized spacial score (nSPS) is 20.0. The Hall–Kier alpha value is -2.68. The smallest absolute Gasteiger partial charge is 0.257 e. The number of anilines is 2. The third-order valence-corrected chi connectivity index (χ3v) is 7.09. The Morgan fingerprint density at radius 1 is 1.39 bits per heavy atom. The predicted molar refractivity (Wildman–Crippen MR) is 126 cm³/mol. The average Bonchev–Trinajstić information content (AvgIpc) is 3.29. The number of benzene rings is 1. The van der Waals surface area contributed by atoms with E-state index in [0.717, 1.165) is 37.8 Å². The molecule has 1 unspecified atom stereocenters. The van der Waals surface area contributed by atoms with Crippen LogP contribution in [0.4, 0.5) is 15.8 Å². The molecule has 0 bridgehead atoms. The number of fused-ring (bicyclic) bond motifs is 1. The second-order valence-corrected chi connectivity index (χ2v) is 9.33. The van der Waals surface area contributed by atoms with Gasteiger partial charge in [0.25, 0.3) is 5.91 Å². The van der Waals surface area contributed by atoms with E-state index >= 15 is 0 Å². The SMILES string of the molecule is CCc1ccc(Nc2c(C(=O)N3CC(O)(C4CCCCN4)C3)cn3ccnc3c2Cl)c(F)c1. The minimum absolute atomic E-state index is 0.0150. The molecule has 2 aliphatic rings. The molecular formula is C24H27ClFN5O2. The van der Waals surface area contributed by atoms with Gasteiger partial charge in [-0.2, -0.15) is 0 Å². The average molecular weight is 472 g/mol. The van der Waals surface area contributed by atoms with Gasteiger partial charge < -0.3 is 25.0 Å². The summed E-state index contributed by atoms with van der Waals surface area (Å²) in [5, 5.41) is 17.7. The molecule has 1 amide bonds. The molecule has 0 spiro atoms. The molecule has 33 heavy (non-hydrogen) atoms. The highest BCUT2D eigenvalue weighted by atomic mass is 35.5. The molecule has 4 heterocycles. The summed E-state index contributed by atoms with van der Waals surface area (Å²) in [6.07, 6.45) is 8.72. The number of carbonyl (C=O) groups excluding carboxylic acids is 1. The number of aryl methyl sites for hydroxylation is 1. The number of hydrogen-bond donors (Lipinski definition) is 3. The third kappa shape index (κ3) is 3.96. The Bertz CT molecular complexity index is 1200. The van der Waals surface area contributed by atoms with Gasteiger partial charge in [0.15, 0.2) is 5.65 Å². The number of β-amino-alcohol motifs (C(OH)–C–C–N with tert-alkyl or cyclic N) is 1. The van der Waals surface area contributed by atoms with Gasteiger partial charge in [0.1, 0.15) is 16.4 Å². The zero-order valence-corrected chi connectivity index (χ0v) is 19.2. The quantitative estimate of drug-likeness (QED) is 0.528. The second-order valence-electron chi connectivity index (χ2n) is 8.95. The lowest BCUT2D eigenvalue weighted by Crippen LogP contribution is -2.72. The zero-order chi connectivity index (χ0) is 23.2. The Kier molecular flexibility index (Phi) is 5.76. The first-order valence-electron chi connectivity index (χ1n) is 11.4. The number of nitrogens with zero attached hydrogens (tertiary/aromatic N) is 3. The molecular weight excluding hydrogens is 445 g/mol. The number of pyridine rings is 1. The predicted octanol–water partition coefficient (Wildman–Crippen LogP) is 3.76. The van der Waals surface area contributed by atoms with Crippen molar-refractivity contribution in [3.8, 4) is 0 Å². The molecule has 1 atom stereocenters. The van der Waals surface area contributed by atoms with Gasteiger partial charge in [0, 0.05) is 24.6 Å². The van der Waals surface area contributed by atoms with E-state index in [1.54, 1.807) is 34.0 Å². The summed E-state index contributed by atoms with van der Waals surface area (Å²) in [6, 6.07) is 4.94. The van der Waals surface area contributed by atoms with Crippen molar-refractivity contribution < 1.29 is 14.3 Å². The maximum absolute atomic E-state index is 14.7. The highest BCUT2D eigenvalue weighted by Gasteiger charge is 2.49. The van der Waals surface area contributed by atoms with E-state index in [-0.39, 0.29) is 35.7 Å². The minimum atomic E-state index is -0.936. The number of piperidine rings is 1. The molecule has 3 aromatic rings. The number of hydrogen-bond acceptors (Lipinski definition) is 5. The van der Waals surface area contributed by atoms with Gasteiger partial charge in [0.05, 0.1) is 30.0 Å². The largest absolute Gasteiger partial charge is 0.385 e. The van der Waals surface area contributed by atoms with Crippen molar-refractivity contribution in [2.24, 2.45) is 0 Å². The molecule has 174 valence electrons. The van der Waals surface area contributed by atoms with Crippen LogP contribution in [0.3, 0.4) is 0 Å². The third-order valence-electron chi connectivity index (χ3n) is 6.73. The van der Waals surface area contributed by atoms with Gasteiger partial charge >= 0.3 is 0 Å². The van der Waals surface area contributed by atoms with Crippen LogP contribution in [0.1, 0.15) is 42.1 Å². The number of likely N-dealkylation sites (tertiary alicyclic amines) is 1. The van der Waals surface area contributed by atoms with Crippen LogP contribution >= 0.6 is 11.6 Å². The van der Waals surface area contributed by atoms with Gasteiger partial charge in [-0.15, -0.1) is 0 Å². The fourth-order valence-corrected chi connectivity index (χ4v) is 5.07. The maximum Gasteiger partial charge on any atom is 0.257 e. The van der Waals surface area contributed by atoms with Crippen molar-refractivity contribution in [3.63, 3.8) is 0 Å². The molecule has 2 fully saturated rings. The molecule has 0 aliphatic carbocycles. The van der Waals surface area contributed by atoms with Gasteiger partial charge in [-0.3, -0.25) is 4.79 Å². The number of imidazole rings is 1. The first-order valence-corrected chi connectivity index (χ1v) is 11.7. The highest BCUT2D eigenvalue weighted by Crippen LogP contribution is 2.36. The van der Waals surface area contributed by atoms with Crippen molar-refractivity contribution >= 4 is 34.5 Å². The fraction of sp³-hybridized carbons (Fsp3) is 0.417. The monoisotopic (exact) mass is 471 g/mol. The summed E-state index contributed by atoms with van der Waals surface area (Å²) in [7, 11) is 0. The lowest BCUT2D eigenvalue weighted by Gasteiger charge is -2.51. The summed E-state index contributed by atoms with van der Waals surface area (Å²) < 4.78 is 16.4. The number of amides is 1. The molecule has 2 saturated heterocycles. The molecule has 3 N–H and O–H groups in total. The summed E-state index contributed by atoms with van der Waals surface area (Å²) >= 11 is 6.64. The molecule has 7 nitrogen and oxygen atoms in total. The standard InChI is InChI=1S/C24H27ClFN5O2/c1-2-15-6-7-18(17(26)11-15)29-21-16(12-30-10-9-28-22(30)20(21)25)23(32)31-13-24(33,14-31)19-5-3-4-8-27-19/h6-7,9-12,19,27,29,33H,2-5,8,13-14H2,1H3. The van der Waals surface area contributed by atoms with Crippen molar-refractivity contribution in [2.45, 2.75) is 44.2 Å². The number of aliphatic hydroxyl groups is 1. The highest BCUT2D eigenvalue weighted by molar-refractivity contribution is 6.37. The van der Waals surface area contributed by atoms with Crippen LogP contribution in [0.25, 0.3) is 5.65 Å². The first kappa shape index (κ1) is 22.1. The zero-order valence-electron chi connectivity index (χ0n) is 18.4. The summed E-state index contributed by atoms with van der Waals surface area (Å²) in [5.41, 5.74) is 1.23. The van der Waals surface area contributed by atoms with Crippen LogP contribution in [-0.4, -0.2) is 56.6 Å². The molecule has 0 saturated carbocycles. The molecule has 5 rings (SSSR count). The number of carbonyl (C=O) groups is 1. The van der Waals surface area contributed by atoms with Gasteiger partial charge in [-0.1, -0.05) is 31.0 Å². The van der Waals surface area contributed by atoms with Crippen molar-refractivity contribution in [1.29, 1.82) is 0 Å². The Morgan fingerprint density at radius 3 is 2.91 bits per heavy atom. The van der Waals surface area contributed by atoms with E-state index in [4.69, 9.17) is 11.6 Å². The van der Waals surface area contributed by atoms with Crippen LogP contribution < -0.4 is 10.6 Å². The maximum atomic E-state index is 14.7. The van der Waals surface area contributed by atoms with Crippen LogP contribution in [0.15, 0.2) is 36.8 Å². The number of nitrogens with one attached hydrogen (secondary N) is 2. The van der Waals surface area contributed by atoms with E-state index in [1.165, 1.54) is 6.07 Å². The summed E-state index contributed by atoms with van der Waals surface area (Å²) in [5.74, 6) is -0.699. The van der Waals surface area contributed by atoms with Gasteiger partial charge in [-0.05, 0) is 43.5 Å². The molecule has 0 radical (unpaired) electrons. The van der Waals surface area contributed by atoms with E-state index in [2.05, 4.69) is 15.6 Å². The van der Waals surface area contributed by atoms with Crippen molar-refractivity contribution in [3.05, 3.63) is 58.8 Å². The molecule has 2 aromatic heterocycles. The topological polar surface area (TPSA) is 81.9 Å². The van der Waals surface area contributed by atoms with E-state index in [1.807, 2.05) is 13.0 Å². The summed E-state index contributed by atoms with van der Waals surface area (Å²) in [6.45, 7) is 3.31. The van der Waals surface area contributed by atoms with Gasteiger partial charge in [0.2, 0.25) is 0 Å². The van der Waals surface area contributed by atoms with Crippen LogP contribution in [0.2, 0.25) is 5.02 Å². The van der Waals surface area contributed by atoms with Crippen molar-refractivity contribution in [1.82, 2.24) is 19.6 Å². The number of rotatable bonds is 5.